The number of aryl methyl sites for hydroxylation is 2. The first-order valence-electron chi connectivity index (χ1n) is 6.14. The summed E-state index contributed by atoms with van der Waals surface area (Å²) >= 11 is 0. The van der Waals surface area contributed by atoms with E-state index < -0.39 is 0 Å². The van der Waals surface area contributed by atoms with E-state index in [0.717, 1.165) is 12.4 Å². The third-order valence-corrected chi connectivity index (χ3v) is 3.45. The molecule has 1 unspecified atom stereocenters. The van der Waals surface area contributed by atoms with Crippen LogP contribution in [0.15, 0.2) is 30.6 Å². The zero-order valence-electron chi connectivity index (χ0n) is 10.0. The van der Waals surface area contributed by atoms with E-state index in [-0.39, 0.29) is 0 Å². The molecule has 3 heteroatoms. The van der Waals surface area contributed by atoms with Crippen LogP contribution in [-0.4, -0.2) is 9.97 Å². The number of aromatic amines is 1. The molecule has 0 saturated carbocycles. The van der Waals surface area contributed by atoms with Crippen molar-refractivity contribution in [3.8, 4) is 0 Å². The van der Waals surface area contributed by atoms with E-state index in [1.807, 2.05) is 6.20 Å². The van der Waals surface area contributed by atoms with Gasteiger partial charge in [-0.2, -0.15) is 0 Å². The fourth-order valence-electron chi connectivity index (χ4n) is 2.55. The van der Waals surface area contributed by atoms with E-state index in [0.29, 0.717) is 6.04 Å². The lowest BCUT2D eigenvalue weighted by Crippen LogP contribution is -2.19. The normalized spacial score (nSPS) is 18.3. The van der Waals surface area contributed by atoms with E-state index in [9.17, 15) is 0 Å². The molecule has 1 aliphatic carbocycles. The minimum Gasteiger partial charge on any atom is -0.348 e. The Kier molecular flexibility index (Phi) is 2.69. The minimum atomic E-state index is 0.481. The van der Waals surface area contributed by atoms with E-state index >= 15 is 0 Å². The van der Waals surface area contributed by atoms with Gasteiger partial charge in [-0.15, -0.1) is 0 Å². The molecular weight excluding hydrogens is 210 g/mol. The van der Waals surface area contributed by atoms with Crippen LogP contribution < -0.4 is 5.32 Å². The van der Waals surface area contributed by atoms with Crippen LogP contribution in [0.3, 0.4) is 0 Å². The first kappa shape index (κ1) is 10.5. The van der Waals surface area contributed by atoms with Crippen LogP contribution in [0, 0.1) is 6.92 Å². The molecule has 1 aromatic heterocycles. The van der Waals surface area contributed by atoms with Gasteiger partial charge in [0.1, 0.15) is 5.82 Å². The van der Waals surface area contributed by atoms with Crippen LogP contribution in [0.1, 0.15) is 35.0 Å². The second-order valence-corrected chi connectivity index (χ2v) is 4.71. The maximum absolute atomic E-state index is 4.23. The fraction of sp³-hybridized carbons (Fsp3) is 0.357. The van der Waals surface area contributed by atoms with Gasteiger partial charge in [-0.05, 0) is 30.9 Å². The lowest BCUT2D eigenvalue weighted by Gasteiger charge is -2.13. The predicted molar refractivity (Wildman–Crippen MR) is 67.7 cm³/mol. The summed E-state index contributed by atoms with van der Waals surface area (Å²) in [5, 5.41) is 3.57. The average Bonchev–Trinajstić information content (AvgIpc) is 2.94. The van der Waals surface area contributed by atoms with E-state index in [1.165, 1.54) is 29.5 Å². The molecule has 2 aromatic rings. The maximum Gasteiger partial charge on any atom is 0.120 e. The highest BCUT2D eigenvalue weighted by Crippen LogP contribution is 2.31. The molecule has 0 aliphatic heterocycles. The summed E-state index contributed by atoms with van der Waals surface area (Å²) in [5.74, 6) is 1.01. The maximum atomic E-state index is 4.23. The molecule has 0 amide bonds. The Morgan fingerprint density at radius 2 is 2.41 bits per heavy atom. The number of benzene rings is 1. The van der Waals surface area contributed by atoms with E-state index in [2.05, 4.69) is 40.4 Å². The molecular formula is C14H17N3. The molecule has 2 N–H and O–H groups in total. The molecule has 0 saturated heterocycles. The summed E-state index contributed by atoms with van der Waals surface area (Å²) in [7, 11) is 0. The van der Waals surface area contributed by atoms with Crippen LogP contribution in [0.4, 0.5) is 0 Å². The number of nitrogens with zero attached hydrogens (tertiary/aromatic N) is 1. The van der Waals surface area contributed by atoms with Gasteiger partial charge >= 0.3 is 0 Å². The molecule has 1 aromatic carbocycles. The topological polar surface area (TPSA) is 40.7 Å². The Bertz CT molecular complexity index is 502. The SMILES string of the molecule is Cc1ccc2c(c1)C(NCc1ncc[nH]1)CC2. The van der Waals surface area contributed by atoms with E-state index in [4.69, 9.17) is 0 Å². The van der Waals surface area contributed by atoms with Crippen molar-refractivity contribution in [2.24, 2.45) is 0 Å². The van der Waals surface area contributed by atoms with Crippen LogP contribution in [-0.2, 0) is 13.0 Å². The van der Waals surface area contributed by atoms with Gasteiger partial charge in [0, 0.05) is 18.4 Å². The molecule has 0 spiro atoms. The second kappa shape index (κ2) is 4.34. The van der Waals surface area contributed by atoms with Gasteiger partial charge in [0.05, 0.1) is 6.54 Å². The highest BCUT2D eigenvalue weighted by molar-refractivity contribution is 5.37. The van der Waals surface area contributed by atoms with E-state index in [1.54, 1.807) is 6.20 Å². The van der Waals surface area contributed by atoms with Crippen molar-refractivity contribution in [1.82, 2.24) is 15.3 Å². The Hall–Kier alpha value is -1.61. The summed E-state index contributed by atoms with van der Waals surface area (Å²) in [4.78, 5) is 7.36. The quantitative estimate of drug-likeness (QED) is 0.845. The number of imidazole rings is 1. The van der Waals surface area contributed by atoms with Crippen LogP contribution in [0.5, 0.6) is 0 Å². The van der Waals surface area contributed by atoms with Gasteiger partial charge in [0.25, 0.3) is 0 Å². The summed E-state index contributed by atoms with van der Waals surface area (Å²) in [6.07, 6.45) is 6.04. The summed E-state index contributed by atoms with van der Waals surface area (Å²) in [6.45, 7) is 2.97. The van der Waals surface area contributed by atoms with Crippen molar-refractivity contribution < 1.29 is 0 Å². The number of hydrogen-bond acceptors (Lipinski definition) is 2. The molecule has 3 nitrogen and oxygen atoms in total. The van der Waals surface area contributed by atoms with Crippen molar-refractivity contribution in [2.75, 3.05) is 0 Å². The third kappa shape index (κ3) is 2.11. The van der Waals surface area contributed by atoms with Gasteiger partial charge in [-0.1, -0.05) is 23.8 Å². The van der Waals surface area contributed by atoms with Crippen molar-refractivity contribution >= 4 is 0 Å². The third-order valence-electron chi connectivity index (χ3n) is 3.45. The van der Waals surface area contributed by atoms with Gasteiger partial charge in [0.15, 0.2) is 0 Å². The largest absolute Gasteiger partial charge is 0.348 e. The Balaban J connectivity index is 1.73. The smallest absolute Gasteiger partial charge is 0.120 e. The average molecular weight is 227 g/mol. The van der Waals surface area contributed by atoms with Gasteiger partial charge in [-0.25, -0.2) is 4.98 Å². The summed E-state index contributed by atoms with van der Waals surface area (Å²) in [6, 6.07) is 7.25. The monoisotopic (exact) mass is 227 g/mol. The van der Waals surface area contributed by atoms with Crippen molar-refractivity contribution in [2.45, 2.75) is 32.4 Å². The number of aromatic nitrogens is 2. The summed E-state index contributed by atoms with van der Waals surface area (Å²) < 4.78 is 0. The van der Waals surface area contributed by atoms with Crippen molar-refractivity contribution in [1.29, 1.82) is 0 Å². The molecule has 88 valence electrons. The molecule has 1 heterocycles. The molecule has 1 aliphatic rings. The number of rotatable bonds is 3. The molecule has 3 rings (SSSR count). The zero-order valence-corrected chi connectivity index (χ0v) is 10.0. The predicted octanol–water partition coefficient (Wildman–Crippen LogP) is 2.50. The van der Waals surface area contributed by atoms with Crippen molar-refractivity contribution in [3.63, 3.8) is 0 Å². The Morgan fingerprint density at radius 3 is 3.24 bits per heavy atom. The summed E-state index contributed by atoms with van der Waals surface area (Å²) in [5.41, 5.74) is 4.31. The van der Waals surface area contributed by atoms with Crippen molar-refractivity contribution in [3.05, 3.63) is 53.1 Å². The Labute approximate surface area is 101 Å². The molecule has 17 heavy (non-hydrogen) atoms. The van der Waals surface area contributed by atoms with Gasteiger partial charge < -0.3 is 10.3 Å². The van der Waals surface area contributed by atoms with Crippen LogP contribution in [0.25, 0.3) is 0 Å². The second-order valence-electron chi connectivity index (χ2n) is 4.71. The van der Waals surface area contributed by atoms with Gasteiger partial charge in [-0.3, -0.25) is 0 Å². The molecule has 0 bridgehead atoms. The number of nitrogens with one attached hydrogen (secondary N) is 2. The van der Waals surface area contributed by atoms with Crippen LogP contribution in [0.2, 0.25) is 0 Å². The highest BCUT2D eigenvalue weighted by atomic mass is 15.0. The van der Waals surface area contributed by atoms with Gasteiger partial charge in [0.2, 0.25) is 0 Å². The Morgan fingerprint density at radius 1 is 1.47 bits per heavy atom. The van der Waals surface area contributed by atoms with Crippen LogP contribution >= 0.6 is 0 Å². The number of H-pyrrole nitrogens is 1. The fourth-order valence-corrected chi connectivity index (χ4v) is 2.55. The standard InChI is InChI=1S/C14H17N3/c1-10-2-3-11-4-5-13(12(11)8-10)17-9-14-15-6-7-16-14/h2-3,6-8,13,17H,4-5,9H2,1H3,(H,15,16). The number of fused-ring (bicyclic) bond motifs is 1. The molecule has 0 fully saturated rings. The number of hydrogen-bond donors (Lipinski definition) is 2. The first-order valence-corrected chi connectivity index (χ1v) is 6.14. The lowest BCUT2D eigenvalue weighted by molar-refractivity contribution is 0.521. The molecule has 0 radical (unpaired) electrons. The highest BCUT2D eigenvalue weighted by Gasteiger charge is 2.21. The minimum absolute atomic E-state index is 0.481. The zero-order chi connectivity index (χ0) is 11.7. The first-order chi connectivity index (χ1) is 8.33. The molecule has 1 atom stereocenters. The lowest BCUT2D eigenvalue weighted by atomic mass is 10.1.